The van der Waals surface area contributed by atoms with Crippen LogP contribution in [0.4, 0.5) is 9.18 Å². The van der Waals surface area contributed by atoms with Gasteiger partial charge in [0.1, 0.15) is 24.8 Å². The lowest BCUT2D eigenvalue weighted by atomic mass is 9.97. The van der Waals surface area contributed by atoms with Crippen molar-refractivity contribution in [1.82, 2.24) is 4.90 Å². The van der Waals surface area contributed by atoms with Crippen LogP contribution in [-0.2, 0) is 17.9 Å². The number of fused-ring (bicyclic) bond motifs is 1. The number of carbonyl (C=O) groups excluding carboxylic acids is 1. The second-order valence-corrected chi connectivity index (χ2v) is 7.60. The summed E-state index contributed by atoms with van der Waals surface area (Å²) in [5, 5.41) is 0.489. The molecule has 0 saturated carbocycles. The smallest absolute Gasteiger partial charge is 0.411 e. The molecular formula is C25H21ClFNO3. The molecular weight excluding hydrogens is 417 g/mol. The van der Waals surface area contributed by atoms with E-state index < -0.39 is 12.1 Å². The number of rotatable bonds is 6. The van der Waals surface area contributed by atoms with Crippen LogP contribution in [0.15, 0.2) is 79.4 Å². The molecule has 4 rings (SSSR count). The summed E-state index contributed by atoms with van der Waals surface area (Å²) in [6.45, 7) is 4.18. The molecule has 0 radical (unpaired) electrons. The maximum Gasteiger partial charge on any atom is 0.411 e. The number of halogens is 2. The monoisotopic (exact) mass is 437 g/mol. The summed E-state index contributed by atoms with van der Waals surface area (Å²) < 4.78 is 26.0. The molecule has 0 aromatic heterocycles. The molecule has 0 N–H and O–H groups in total. The molecule has 1 heterocycles. The van der Waals surface area contributed by atoms with E-state index in [2.05, 4.69) is 6.58 Å². The molecule has 1 amide bonds. The lowest BCUT2D eigenvalue weighted by Gasteiger charge is -2.26. The zero-order valence-corrected chi connectivity index (χ0v) is 17.5. The number of hydrogen-bond acceptors (Lipinski definition) is 3. The normalized spacial score (nSPS) is 14.8. The van der Waals surface area contributed by atoms with E-state index in [1.807, 2.05) is 36.4 Å². The van der Waals surface area contributed by atoms with E-state index in [9.17, 15) is 9.18 Å². The number of ether oxygens (including phenoxy) is 2. The average Bonchev–Trinajstić information content (AvgIpc) is 3.18. The van der Waals surface area contributed by atoms with Crippen molar-refractivity contribution in [2.24, 2.45) is 0 Å². The van der Waals surface area contributed by atoms with Crippen molar-refractivity contribution in [2.75, 3.05) is 6.61 Å². The van der Waals surface area contributed by atoms with Crippen LogP contribution in [0, 0.1) is 5.82 Å². The fraction of sp³-hybridized carbons (Fsp3) is 0.160. The number of benzene rings is 3. The first-order valence-electron chi connectivity index (χ1n) is 9.86. The molecule has 1 atom stereocenters. The standard InChI is InChI=1S/C25H21ClFNO3/c1-2-13-30-23-12-11-18(26)14-20(23)24-19-9-6-10-22(27)21(19)15-28(24)25(29)31-16-17-7-4-3-5-8-17/h2-12,14,24H,1,13,15-16H2. The molecule has 6 heteroatoms. The fourth-order valence-electron chi connectivity index (χ4n) is 3.75. The predicted octanol–water partition coefficient (Wildman–Crippen LogP) is 6.29. The van der Waals surface area contributed by atoms with Gasteiger partial charge >= 0.3 is 6.09 Å². The van der Waals surface area contributed by atoms with Gasteiger partial charge in [-0.05, 0) is 35.4 Å². The van der Waals surface area contributed by atoms with Crippen LogP contribution in [0.3, 0.4) is 0 Å². The van der Waals surface area contributed by atoms with Crippen molar-refractivity contribution < 1.29 is 18.7 Å². The lowest BCUT2D eigenvalue weighted by Crippen LogP contribution is -2.31. The van der Waals surface area contributed by atoms with E-state index in [0.717, 1.165) is 5.56 Å². The molecule has 0 spiro atoms. The van der Waals surface area contributed by atoms with Gasteiger partial charge in [-0.15, -0.1) is 0 Å². The lowest BCUT2D eigenvalue weighted by molar-refractivity contribution is 0.0881. The summed E-state index contributed by atoms with van der Waals surface area (Å²) in [5.41, 5.74) is 2.67. The van der Waals surface area contributed by atoms with Gasteiger partial charge in [-0.25, -0.2) is 9.18 Å². The van der Waals surface area contributed by atoms with E-state index in [1.165, 1.54) is 11.0 Å². The molecule has 0 saturated heterocycles. The predicted molar refractivity (Wildman–Crippen MR) is 118 cm³/mol. The van der Waals surface area contributed by atoms with Crippen molar-refractivity contribution >= 4 is 17.7 Å². The Hall–Kier alpha value is -3.31. The number of hydrogen-bond donors (Lipinski definition) is 0. The average molecular weight is 438 g/mol. The third-order valence-electron chi connectivity index (χ3n) is 5.15. The summed E-state index contributed by atoms with van der Waals surface area (Å²) in [6, 6.07) is 18.8. The molecule has 4 nitrogen and oxygen atoms in total. The van der Waals surface area contributed by atoms with E-state index in [-0.39, 0.29) is 25.6 Å². The van der Waals surface area contributed by atoms with Gasteiger partial charge in [0.05, 0.1) is 12.6 Å². The summed E-state index contributed by atoms with van der Waals surface area (Å²) in [7, 11) is 0. The van der Waals surface area contributed by atoms with Gasteiger partial charge < -0.3 is 9.47 Å². The quantitative estimate of drug-likeness (QED) is 0.425. The van der Waals surface area contributed by atoms with Gasteiger partial charge in [0.15, 0.2) is 0 Å². The zero-order chi connectivity index (χ0) is 21.8. The zero-order valence-electron chi connectivity index (χ0n) is 16.8. The maximum absolute atomic E-state index is 14.6. The Balaban J connectivity index is 1.70. The molecule has 0 aliphatic carbocycles. The van der Waals surface area contributed by atoms with E-state index in [1.54, 1.807) is 30.3 Å². The Morgan fingerprint density at radius 2 is 1.94 bits per heavy atom. The highest BCUT2D eigenvalue weighted by molar-refractivity contribution is 6.30. The van der Waals surface area contributed by atoms with Crippen LogP contribution >= 0.6 is 11.6 Å². The number of carbonyl (C=O) groups is 1. The van der Waals surface area contributed by atoms with Gasteiger partial charge in [-0.1, -0.05) is 66.7 Å². The highest BCUT2D eigenvalue weighted by atomic mass is 35.5. The summed E-state index contributed by atoms with van der Waals surface area (Å²) in [4.78, 5) is 14.6. The Morgan fingerprint density at radius 1 is 1.13 bits per heavy atom. The van der Waals surface area contributed by atoms with Crippen LogP contribution in [-0.4, -0.2) is 17.6 Å². The Kier molecular flexibility index (Phi) is 6.23. The second kappa shape index (κ2) is 9.23. The Bertz CT molecular complexity index is 1100. The minimum atomic E-state index is -0.590. The van der Waals surface area contributed by atoms with Crippen molar-refractivity contribution in [3.05, 3.63) is 112 Å². The number of nitrogens with zero attached hydrogens (tertiary/aromatic N) is 1. The topological polar surface area (TPSA) is 38.8 Å². The highest BCUT2D eigenvalue weighted by Crippen LogP contribution is 2.44. The van der Waals surface area contributed by atoms with Crippen LogP contribution in [0.25, 0.3) is 0 Å². The van der Waals surface area contributed by atoms with Crippen molar-refractivity contribution in [3.63, 3.8) is 0 Å². The first-order chi connectivity index (χ1) is 15.1. The molecule has 158 valence electrons. The molecule has 1 aliphatic heterocycles. The van der Waals surface area contributed by atoms with Crippen molar-refractivity contribution in [1.29, 1.82) is 0 Å². The van der Waals surface area contributed by atoms with Crippen LogP contribution in [0.5, 0.6) is 5.75 Å². The van der Waals surface area contributed by atoms with Crippen molar-refractivity contribution in [3.8, 4) is 5.75 Å². The molecule has 0 fully saturated rings. The summed E-state index contributed by atoms with van der Waals surface area (Å²) in [5.74, 6) is 0.184. The van der Waals surface area contributed by atoms with Gasteiger partial charge in [0.25, 0.3) is 0 Å². The minimum Gasteiger partial charge on any atom is -0.489 e. The van der Waals surface area contributed by atoms with Crippen LogP contribution in [0.2, 0.25) is 5.02 Å². The summed E-state index contributed by atoms with van der Waals surface area (Å²) >= 11 is 6.27. The van der Waals surface area contributed by atoms with Crippen molar-refractivity contribution in [2.45, 2.75) is 19.2 Å². The molecule has 31 heavy (non-hydrogen) atoms. The Labute approximate surface area is 185 Å². The third-order valence-corrected chi connectivity index (χ3v) is 5.39. The fourth-order valence-corrected chi connectivity index (χ4v) is 3.93. The Morgan fingerprint density at radius 3 is 2.71 bits per heavy atom. The number of amides is 1. The highest BCUT2D eigenvalue weighted by Gasteiger charge is 2.38. The summed E-state index contributed by atoms with van der Waals surface area (Å²) in [6.07, 6.45) is 1.09. The van der Waals surface area contributed by atoms with Gasteiger partial charge in [0, 0.05) is 16.1 Å². The van der Waals surface area contributed by atoms with E-state index in [0.29, 0.717) is 27.5 Å². The van der Waals surface area contributed by atoms with Crippen LogP contribution < -0.4 is 4.74 Å². The third kappa shape index (κ3) is 4.42. The van der Waals surface area contributed by atoms with Crippen LogP contribution in [0.1, 0.15) is 28.3 Å². The second-order valence-electron chi connectivity index (χ2n) is 7.16. The molecule has 3 aromatic carbocycles. The minimum absolute atomic E-state index is 0.0910. The molecule has 3 aromatic rings. The largest absolute Gasteiger partial charge is 0.489 e. The molecule has 0 bridgehead atoms. The van der Waals surface area contributed by atoms with E-state index in [4.69, 9.17) is 21.1 Å². The first-order valence-corrected chi connectivity index (χ1v) is 10.2. The van der Waals surface area contributed by atoms with Gasteiger partial charge in [0.2, 0.25) is 0 Å². The SMILES string of the molecule is C=CCOc1ccc(Cl)cc1C1c2cccc(F)c2CN1C(=O)OCc1ccccc1. The maximum atomic E-state index is 14.6. The molecule has 1 aliphatic rings. The first kappa shape index (κ1) is 20.9. The molecule has 1 unspecified atom stereocenters. The van der Waals surface area contributed by atoms with Gasteiger partial charge in [-0.2, -0.15) is 0 Å². The van der Waals surface area contributed by atoms with E-state index >= 15 is 0 Å². The van der Waals surface area contributed by atoms with Gasteiger partial charge in [-0.3, -0.25) is 4.90 Å².